The number of nitrogens with one attached hydrogen (secondary N) is 1. The van der Waals surface area contributed by atoms with Crippen molar-refractivity contribution in [3.8, 4) is 0 Å². The van der Waals surface area contributed by atoms with Gasteiger partial charge in [-0.05, 0) is 19.1 Å². The molecule has 2 N–H and O–H groups in total. The second-order valence-corrected chi connectivity index (χ2v) is 4.84. The zero-order chi connectivity index (χ0) is 13.5. The Morgan fingerprint density at radius 3 is 2.83 bits per heavy atom. The van der Waals surface area contributed by atoms with Gasteiger partial charge >= 0.3 is 5.97 Å². The molecule has 1 unspecified atom stereocenters. The molecule has 1 atom stereocenters. The summed E-state index contributed by atoms with van der Waals surface area (Å²) < 4.78 is 1.89. The highest BCUT2D eigenvalue weighted by molar-refractivity contribution is 7.98. The first-order valence-corrected chi connectivity index (χ1v) is 6.56. The van der Waals surface area contributed by atoms with E-state index in [0.29, 0.717) is 24.3 Å². The average Bonchev–Trinajstić information content (AvgIpc) is 2.64. The molecule has 1 aromatic rings. The third-order valence-electron chi connectivity index (χ3n) is 2.53. The third-order valence-corrected chi connectivity index (χ3v) is 3.52. The Morgan fingerprint density at radius 2 is 2.33 bits per heavy atom. The summed E-state index contributed by atoms with van der Waals surface area (Å²) in [5.41, 5.74) is 0. The minimum absolute atomic E-state index is 0.384. The zero-order valence-corrected chi connectivity index (χ0v) is 11.1. The summed E-state index contributed by atoms with van der Waals surface area (Å²) >= 11 is 1.56. The Kier molecular flexibility index (Phi) is 5.63. The maximum absolute atomic E-state index is 10.8. The van der Waals surface area contributed by atoms with E-state index >= 15 is 0 Å². The number of amides is 1. The molecule has 100 valence electrons. The number of carboxylic acids is 1. The summed E-state index contributed by atoms with van der Waals surface area (Å²) in [6.07, 6.45) is 0.797. The number of rotatable bonds is 8. The van der Waals surface area contributed by atoms with Gasteiger partial charge in [-0.1, -0.05) is 0 Å². The number of aliphatic carboxylic acids is 1. The van der Waals surface area contributed by atoms with Crippen LogP contribution in [0.5, 0.6) is 0 Å². The molecule has 0 fully saturated rings. The van der Waals surface area contributed by atoms with E-state index in [9.17, 15) is 9.59 Å². The van der Waals surface area contributed by atoms with Crippen molar-refractivity contribution >= 4 is 24.1 Å². The number of thioether (sulfide) groups is 1. The van der Waals surface area contributed by atoms with Crippen molar-refractivity contribution in [1.82, 2.24) is 20.1 Å². The van der Waals surface area contributed by atoms with E-state index in [2.05, 4.69) is 15.5 Å². The first-order chi connectivity index (χ1) is 8.56. The number of aryl methyl sites for hydroxylation is 1. The van der Waals surface area contributed by atoms with Crippen LogP contribution in [-0.4, -0.2) is 44.0 Å². The molecule has 18 heavy (non-hydrogen) atoms. The van der Waals surface area contributed by atoms with Crippen LogP contribution in [0.4, 0.5) is 0 Å². The predicted octanol–water partition coefficient (Wildman–Crippen LogP) is -0.0540. The monoisotopic (exact) mass is 272 g/mol. The van der Waals surface area contributed by atoms with Crippen molar-refractivity contribution in [2.75, 3.05) is 5.75 Å². The molecule has 0 aliphatic rings. The van der Waals surface area contributed by atoms with Gasteiger partial charge in [0.25, 0.3) is 0 Å². The molecule has 8 heteroatoms. The summed E-state index contributed by atoms with van der Waals surface area (Å²) in [7, 11) is 1.89. The minimum Gasteiger partial charge on any atom is -0.480 e. The van der Waals surface area contributed by atoms with Gasteiger partial charge in [-0.2, -0.15) is 11.8 Å². The first kappa shape index (κ1) is 14.5. The van der Waals surface area contributed by atoms with Gasteiger partial charge < -0.3 is 15.0 Å². The Bertz CT molecular complexity index is 421. The SMILES string of the molecule is Cc1nnc(CSCCC(NC=O)C(=O)O)n1C. The summed E-state index contributed by atoms with van der Waals surface area (Å²) in [6.45, 7) is 1.87. The smallest absolute Gasteiger partial charge is 0.326 e. The van der Waals surface area contributed by atoms with Crippen molar-refractivity contribution in [2.24, 2.45) is 7.05 Å². The lowest BCUT2D eigenvalue weighted by atomic mass is 10.2. The fourth-order valence-corrected chi connectivity index (χ4v) is 2.28. The first-order valence-electron chi connectivity index (χ1n) is 5.41. The van der Waals surface area contributed by atoms with Crippen LogP contribution in [0.1, 0.15) is 18.1 Å². The van der Waals surface area contributed by atoms with Crippen LogP contribution in [0.15, 0.2) is 0 Å². The van der Waals surface area contributed by atoms with E-state index in [1.54, 1.807) is 11.8 Å². The summed E-state index contributed by atoms with van der Waals surface area (Å²) in [5, 5.41) is 19.0. The van der Waals surface area contributed by atoms with Crippen LogP contribution in [0, 0.1) is 6.92 Å². The van der Waals surface area contributed by atoms with Gasteiger partial charge in [0.05, 0.1) is 5.75 Å². The second kappa shape index (κ2) is 7.00. The summed E-state index contributed by atoms with van der Waals surface area (Å²) in [4.78, 5) is 21.0. The van der Waals surface area contributed by atoms with Crippen LogP contribution in [0.2, 0.25) is 0 Å². The Hall–Kier alpha value is -1.57. The van der Waals surface area contributed by atoms with Gasteiger partial charge in [-0.3, -0.25) is 4.79 Å². The lowest BCUT2D eigenvalue weighted by Crippen LogP contribution is -2.36. The number of hydrogen-bond donors (Lipinski definition) is 2. The van der Waals surface area contributed by atoms with E-state index in [1.165, 1.54) is 0 Å². The van der Waals surface area contributed by atoms with Crippen molar-refractivity contribution in [1.29, 1.82) is 0 Å². The van der Waals surface area contributed by atoms with Crippen LogP contribution >= 0.6 is 11.8 Å². The second-order valence-electron chi connectivity index (χ2n) is 3.74. The molecule has 0 saturated heterocycles. The van der Waals surface area contributed by atoms with Crippen molar-refractivity contribution < 1.29 is 14.7 Å². The molecule has 1 amide bonds. The normalized spacial score (nSPS) is 12.1. The van der Waals surface area contributed by atoms with Gasteiger partial charge in [0.2, 0.25) is 6.41 Å². The van der Waals surface area contributed by atoms with Crippen molar-refractivity contribution in [2.45, 2.75) is 25.1 Å². The van der Waals surface area contributed by atoms with E-state index in [4.69, 9.17) is 5.11 Å². The molecule has 0 aliphatic heterocycles. The predicted molar refractivity (Wildman–Crippen MR) is 67.1 cm³/mol. The minimum atomic E-state index is -1.02. The zero-order valence-electron chi connectivity index (χ0n) is 10.3. The van der Waals surface area contributed by atoms with Gasteiger partial charge in [-0.15, -0.1) is 10.2 Å². The highest BCUT2D eigenvalue weighted by Crippen LogP contribution is 2.12. The number of carbonyl (C=O) groups excluding carboxylic acids is 1. The third kappa shape index (κ3) is 4.02. The Morgan fingerprint density at radius 1 is 1.61 bits per heavy atom. The van der Waals surface area contributed by atoms with Gasteiger partial charge in [0.15, 0.2) is 0 Å². The van der Waals surface area contributed by atoms with E-state index in [-0.39, 0.29) is 0 Å². The number of hydrogen-bond acceptors (Lipinski definition) is 5. The fraction of sp³-hybridized carbons (Fsp3) is 0.600. The lowest BCUT2D eigenvalue weighted by molar-refractivity contribution is -0.140. The molecule has 0 saturated carbocycles. The topological polar surface area (TPSA) is 97.1 Å². The highest BCUT2D eigenvalue weighted by atomic mass is 32.2. The molecule has 0 spiro atoms. The van der Waals surface area contributed by atoms with E-state index in [0.717, 1.165) is 11.6 Å². The number of carboxylic acid groups (broad SMARTS) is 1. The highest BCUT2D eigenvalue weighted by Gasteiger charge is 2.15. The number of aromatic nitrogens is 3. The summed E-state index contributed by atoms with van der Waals surface area (Å²) in [5.74, 6) is 1.98. The quantitative estimate of drug-likeness (QED) is 0.508. The lowest BCUT2D eigenvalue weighted by Gasteiger charge is -2.10. The van der Waals surface area contributed by atoms with Crippen molar-refractivity contribution in [3.63, 3.8) is 0 Å². The van der Waals surface area contributed by atoms with E-state index < -0.39 is 12.0 Å². The van der Waals surface area contributed by atoms with Crippen LogP contribution in [0.25, 0.3) is 0 Å². The molecule has 1 heterocycles. The van der Waals surface area contributed by atoms with Crippen LogP contribution < -0.4 is 5.32 Å². The Balaban J connectivity index is 2.31. The fourth-order valence-electron chi connectivity index (χ4n) is 1.30. The molecule has 0 aromatic carbocycles. The molecule has 0 aliphatic carbocycles. The number of nitrogens with zero attached hydrogens (tertiary/aromatic N) is 3. The maximum atomic E-state index is 10.8. The largest absolute Gasteiger partial charge is 0.480 e. The van der Waals surface area contributed by atoms with Gasteiger partial charge in [0, 0.05) is 7.05 Å². The van der Waals surface area contributed by atoms with Gasteiger partial charge in [-0.25, -0.2) is 4.79 Å². The standard InChI is InChI=1S/C10H16N4O3S/c1-7-12-13-9(14(7)2)5-18-4-3-8(10(16)17)11-6-15/h6,8H,3-5H2,1-2H3,(H,11,15)(H,16,17). The molecule has 1 rings (SSSR count). The molecular formula is C10H16N4O3S. The molecule has 0 bridgehead atoms. The Labute approximate surface area is 109 Å². The average molecular weight is 272 g/mol. The van der Waals surface area contributed by atoms with E-state index in [1.807, 2.05) is 18.5 Å². The van der Waals surface area contributed by atoms with Gasteiger partial charge in [0.1, 0.15) is 17.7 Å². The molecular weight excluding hydrogens is 256 g/mol. The molecule has 7 nitrogen and oxygen atoms in total. The maximum Gasteiger partial charge on any atom is 0.326 e. The van der Waals surface area contributed by atoms with Crippen LogP contribution in [-0.2, 0) is 22.4 Å². The number of carbonyl (C=O) groups is 2. The summed E-state index contributed by atoms with van der Waals surface area (Å²) in [6, 6.07) is -0.823. The van der Waals surface area contributed by atoms with Crippen molar-refractivity contribution in [3.05, 3.63) is 11.6 Å². The molecule has 0 radical (unpaired) electrons. The molecule has 1 aromatic heterocycles. The van der Waals surface area contributed by atoms with Crippen LogP contribution in [0.3, 0.4) is 0 Å².